The van der Waals surface area contributed by atoms with Crippen molar-refractivity contribution in [3.63, 3.8) is 0 Å². The second-order valence-corrected chi connectivity index (χ2v) is 8.09. The Bertz CT molecular complexity index is 837. The van der Waals surface area contributed by atoms with Gasteiger partial charge in [0.2, 0.25) is 11.8 Å². The maximum Gasteiger partial charge on any atom is 0.222 e. The summed E-state index contributed by atoms with van der Waals surface area (Å²) < 4.78 is 0. The topological polar surface area (TPSA) is 62.3 Å². The van der Waals surface area contributed by atoms with E-state index in [1.165, 1.54) is 16.5 Å². The number of aromatic nitrogens is 1. The molecule has 1 aliphatic rings. The monoisotopic (exact) mass is 371 g/mol. The molecule has 1 unspecified atom stereocenters. The fourth-order valence-corrected chi connectivity index (χ4v) is 4.15. The summed E-state index contributed by atoms with van der Waals surface area (Å²) in [6, 6.07) is 8.44. The fraction of sp³-hybridized carbons (Fsp3) is 0.450. The average Bonchev–Trinajstić information content (AvgIpc) is 2.59. The number of benzene rings is 1. The van der Waals surface area contributed by atoms with E-state index in [-0.39, 0.29) is 17.9 Å². The molecule has 2 amide bonds. The number of hydrogen-bond acceptors (Lipinski definition) is 4. The van der Waals surface area contributed by atoms with Crippen LogP contribution in [0.15, 0.2) is 29.3 Å². The molecule has 6 heteroatoms. The summed E-state index contributed by atoms with van der Waals surface area (Å²) in [5.74, 6) is 0.884. The third kappa shape index (κ3) is 4.55. The zero-order chi connectivity index (χ0) is 18.7. The number of fused-ring (bicyclic) bond motifs is 1. The molecule has 1 aromatic carbocycles. The summed E-state index contributed by atoms with van der Waals surface area (Å²) in [6.07, 6.45) is 1.69. The summed E-state index contributed by atoms with van der Waals surface area (Å²) in [4.78, 5) is 30.0. The van der Waals surface area contributed by atoms with Gasteiger partial charge in [-0.15, -0.1) is 11.8 Å². The Kier molecular flexibility index (Phi) is 5.81. The van der Waals surface area contributed by atoms with Gasteiger partial charge in [-0.25, -0.2) is 4.98 Å². The number of likely N-dealkylation sites (tertiary alicyclic amines) is 1. The van der Waals surface area contributed by atoms with Crippen LogP contribution in [0.2, 0.25) is 0 Å². The number of aryl methyl sites for hydroxylation is 2. The standard InChI is InChI=1S/C20H25N3O2S/c1-13-4-6-17-16(10-13)14(2)11-19(22-17)26-9-8-18(24)21-15-5-7-20(25)23(3)12-15/h4,6,10-11,15H,5,7-9,12H2,1-3H3,(H,21,24). The van der Waals surface area contributed by atoms with Crippen molar-refractivity contribution in [1.29, 1.82) is 0 Å². The van der Waals surface area contributed by atoms with Crippen molar-refractivity contribution < 1.29 is 9.59 Å². The highest BCUT2D eigenvalue weighted by atomic mass is 32.2. The molecule has 0 radical (unpaired) electrons. The third-order valence-electron chi connectivity index (χ3n) is 4.72. The molecule has 0 spiro atoms. The van der Waals surface area contributed by atoms with E-state index >= 15 is 0 Å². The van der Waals surface area contributed by atoms with E-state index in [0.29, 0.717) is 25.1 Å². The van der Waals surface area contributed by atoms with Crippen LogP contribution >= 0.6 is 11.8 Å². The molecule has 1 aliphatic heterocycles. The molecule has 1 saturated heterocycles. The van der Waals surface area contributed by atoms with Gasteiger partial charge in [0.15, 0.2) is 0 Å². The largest absolute Gasteiger partial charge is 0.352 e. The Hall–Kier alpha value is -2.08. The van der Waals surface area contributed by atoms with Gasteiger partial charge in [0, 0.05) is 43.6 Å². The van der Waals surface area contributed by atoms with Gasteiger partial charge in [0.05, 0.1) is 10.5 Å². The van der Waals surface area contributed by atoms with Crippen molar-refractivity contribution >= 4 is 34.5 Å². The zero-order valence-corrected chi connectivity index (χ0v) is 16.4. The van der Waals surface area contributed by atoms with Gasteiger partial charge in [0.1, 0.15) is 0 Å². The van der Waals surface area contributed by atoms with Crippen LogP contribution in [0.3, 0.4) is 0 Å². The molecule has 0 bridgehead atoms. The Labute approximate surface area is 158 Å². The van der Waals surface area contributed by atoms with E-state index in [2.05, 4.69) is 43.4 Å². The number of likely N-dealkylation sites (N-methyl/N-ethyl adjacent to an activating group) is 1. The number of nitrogens with one attached hydrogen (secondary N) is 1. The molecule has 2 heterocycles. The number of carbonyl (C=O) groups is 2. The van der Waals surface area contributed by atoms with Crippen molar-refractivity contribution in [1.82, 2.24) is 15.2 Å². The lowest BCUT2D eigenvalue weighted by molar-refractivity contribution is -0.133. The van der Waals surface area contributed by atoms with Gasteiger partial charge in [-0.2, -0.15) is 0 Å². The quantitative estimate of drug-likeness (QED) is 0.821. The van der Waals surface area contributed by atoms with Gasteiger partial charge in [0.25, 0.3) is 0 Å². The Morgan fingerprint density at radius 3 is 2.92 bits per heavy atom. The molecule has 0 aliphatic carbocycles. The molecule has 1 fully saturated rings. The van der Waals surface area contributed by atoms with Gasteiger partial charge in [-0.05, 0) is 44.0 Å². The molecular formula is C20H25N3O2S. The maximum absolute atomic E-state index is 12.2. The minimum atomic E-state index is 0.0402. The second kappa shape index (κ2) is 8.08. The smallest absolute Gasteiger partial charge is 0.222 e. The van der Waals surface area contributed by atoms with E-state index < -0.39 is 0 Å². The van der Waals surface area contributed by atoms with Crippen molar-refractivity contribution in [3.05, 3.63) is 35.4 Å². The predicted octanol–water partition coefficient (Wildman–Crippen LogP) is 3.07. The van der Waals surface area contributed by atoms with Crippen LogP contribution in [0, 0.1) is 13.8 Å². The highest BCUT2D eigenvalue weighted by Gasteiger charge is 2.23. The van der Waals surface area contributed by atoms with Crippen LogP contribution in [-0.2, 0) is 9.59 Å². The molecule has 1 N–H and O–H groups in total. The lowest BCUT2D eigenvalue weighted by Gasteiger charge is -2.30. The lowest BCUT2D eigenvalue weighted by atomic mass is 10.1. The van der Waals surface area contributed by atoms with Crippen LogP contribution in [-0.4, -0.2) is 47.1 Å². The molecular weight excluding hydrogens is 346 g/mol. The number of rotatable bonds is 5. The minimum absolute atomic E-state index is 0.0402. The van der Waals surface area contributed by atoms with E-state index in [9.17, 15) is 9.59 Å². The number of carbonyl (C=O) groups excluding carboxylic acids is 2. The normalized spacial score (nSPS) is 17.6. The molecule has 5 nitrogen and oxygen atoms in total. The van der Waals surface area contributed by atoms with Crippen LogP contribution in [0.4, 0.5) is 0 Å². The summed E-state index contributed by atoms with van der Waals surface area (Å²) in [5.41, 5.74) is 3.44. The SMILES string of the molecule is Cc1ccc2nc(SCCC(=O)NC3CCC(=O)N(C)C3)cc(C)c2c1. The number of amides is 2. The van der Waals surface area contributed by atoms with Gasteiger partial charge < -0.3 is 10.2 Å². The highest BCUT2D eigenvalue weighted by molar-refractivity contribution is 7.99. The first kappa shape index (κ1) is 18.7. The average molecular weight is 372 g/mol. The first-order valence-electron chi connectivity index (χ1n) is 8.96. The van der Waals surface area contributed by atoms with Gasteiger partial charge >= 0.3 is 0 Å². The summed E-state index contributed by atoms with van der Waals surface area (Å²) in [7, 11) is 1.78. The third-order valence-corrected chi connectivity index (χ3v) is 5.63. The van der Waals surface area contributed by atoms with Crippen molar-refractivity contribution in [2.45, 2.75) is 44.2 Å². The number of pyridine rings is 1. The second-order valence-electron chi connectivity index (χ2n) is 6.97. The van der Waals surface area contributed by atoms with Crippen molar-refractivity contribution in [2.75, 3.05) is 19.3 Å². The van der Waals surface area contributed by atoms with E-state index in [1.54, 1.807) is 23.7 Å². The molecule has 138 valence electrons. The van der Waals surface area contributed by atoms with Crippen LogP contribution in [0.25, 0.3) is 10.9 Å². The Morgan fingerprint density at radius 2 is 2.15 bits per heavy atom. The number of thioether (sulfide) groups is 1. The Balaban J connectivity index is 1.51. The van der Waals surface area contributed by atoms with Crippen LogP contribution < -0.4 is 5.32 Å². The molecule has 26 heavy (non-hydrogen) atoms. The molecule has 1 atom stereocenters. The number of piperidine rings is 1. The van der Waals surface area contributed by atoms with Crippen molar-refractivity contribution in [2.24, 2.45) is 0 Å². The summed E-state index contributed by atoms with van der Waals surface area (Å²) in [5, 5.41) is 5.17. The van der Waals surface area contributed by atoms with E-state index in [0.717, 1.165) is 17.0 Å². The lowest BCUT2D eigenvalue weighted by Crippen LogP contribution is -2.48. The van der Waals surface area contributed by atoms with Gasteiger partial charge in [-0.1, -0.05) is 11.6 Å². The van der Waals surface area contributed by atoms with Gasteiger partial charge in [-0.3, -0.25) is 9.59 Å². The first-order valence-corrected chi connectivity index (χ1v) is 9.95. The van der Waals surface area contributed by atoms with E-state index in [4.69, 9.17) is 4.98 Å². The number of nitrogens with zero attached hydrogens (tertiary/aromatic N) is 2. The highest BCUT2D eigenvalue weighted by Crippen LogP contribution is 2.25. The maximum atomic E-state index is 12.2. The molecule has 2 aromatic rings. The zero-order valence-electron chi connectivity index (χ0n) is 15.5. The summed E-state index contributed by atoms with van der Waals surface area (Å²) >= 11 is 1.61. The van der Waals surface area contributed by atoms with Crippen LogP contribution in [0.5, 0.6) is 0 Å². The molecule has 3 rings (SSSR count). The fourth-order valence-electron chi connectivity index (χ4n) is 3.23. The molecule has 1 aromatic heterocycles. The van der Waals surface area contributed by atoms with E-state index in [1.807, 2.05) is 0 Å². The minimum Gasteiger partial charge on any atom is -0.352 e. The van der Waals surface area contributed by atoms with Crippen LogP contribution in [0.1, 0.15) is 30.4 Å². The number of hydrogen-bond donors (Lipinski definition) is 1. The predicted molar refractivity (Wildman–Crippen MR) is 105 cm³/mol. The van der Waals surface area contributed by atoms with Crippen molar-refractivity contribution in [3.8, 4) is 0 Å². The Morgan fingerprint density at radius 1 is 1.35 bits per heavy atom. The summed E-state index contributed by atoms with van der Waals surface area (Å²) in [6.45, 7) is 4.78. The molecule has 0 saturated carbocycles. The first-order chi connectivity index (χ1) is 12.4.